The third-order valence-electron chi connectivity index (χ3n) is 11.7. The van der Waals surface area contributed by atoms with Gasteiger partial charge >= 0.3 is 0 Å². The number of allylic oxidation sites excluding steroid dienone is 3. The molecule has 0 amide bonds. The van der Waals surface area contributed by atoms with Gasteiger partial charge in [-0.3, -0.25) is 0 Å². The Morgan fingerprint density at radius 1 is 1.02 bits per heavy atom. The molecule has 2 aromatic heterocycles. The molecule has 0 bridgehead atoms. The van der Waals surface area contributed by atoms with Gasteiger partial charge in [0.25, 0.3) is 0 Å². The smallest absolute Gasteiger partial charge is 0.183 e. The molecule has 0 radical (unpaired) electrons. The zero-order valence-electron chi connectivity index (χ0n) is 38.6. The zero-order chi connectivity index (χ0) is 45.0. The largest absolute Gasteiger partial charge is 0.401 e. The van der Waals surface area contributed by atoms with Crippen LogP contribution < -0.4 is 26.8 Å². The van der Waals surface area contributed by atoms with Gasteiger partial charge < -0.3 is 31.7 Å². The average molecular weight is 877 g/mol. The lowest BCUT2D eigenvalue weighted by Crippen LogP contribution is -2.35. The Labute approximate surface area is 379 Å². The van der Waals surface area contributed by atoms with Crippen LogP contribution in [0.1, 0.15) is 104 Å². The fraction of sp³-hybridized carbons (Fsp3) is 0.462. The molecule has 1 saturated heterocycles. The first-order chi connectivity index (χ1) is 29.6. The highest BCUT2D eigenvalue weighted by Crippen LogP contribution is 2.46. The molecule has 1 aliphatic carbocycles. The van der Waals surface area contributed by atoms with E-state index in [1.807, 2.05) is 0 Å². The summed E-state index contributed by atoms with van der Waals surface area (Å²) in [7, 11) is -1.59. The molecule has 2 aromatic carbocycles. The Morgan fingerprint density at radius 2 is 1.79 bits per heavy atom. The minimum Gasteiger partial charge on any atom is -0.401 e. The minimum absolute atomic E-state index is 0.204. The normalized spacial score (nSPS) is 20.7. The molecule has 0 spiro atoms. The Hall–Kier alpha value is -4.51. The molecule has 4 heterocycles. The zero-order valence-corrected chi connectivity index (χ0v) is 40.3. The van der Waals surface area contributed by atoms with Gasteiger partial charge in [0, 0.05) is 76.0 Å². The number of aromatic nitrogens is 2. The number of thiazole rings is 1. The molecular formula is C52H76N8S2. The summed E-state index contributed by atoms with van der Waals surface area (Å²) in [6, 6.07) is 18.0. The van der Waals surface area contributed by atoms with E-state index in [1.165, 1.54) is 59.9 Å². The lowest BCUT2D eigenvalue weighted by atomic mass is 10.0. The number of benzene rings is 2. The molecular weight excluding hydrogens is 801 g/mol. The number of rotatable bonds is 10. The molecule has 62 heavy (non-hydrogen) atoms. The number of nitrogens with one attached hydrogen (secondary N) is 3. The molecule has 3 aliphatic rings. The van der Waals surface area contributed by atoms with Crippen molar-refractivity contribution in [2.45, 2.75) is 129 Å². The molecule has 1 saturated carbocycles. The van der Waals surface area contributed by atoms with E-state index < -0.39 is 9.39 Å². The van der Waals surface area contributed by atoms with E-state index in [4.69, 9.17) is 16.5 Å². The van der Waals surface area contributed by atoms with Crippen molar-refractivity contribution in [3.05, 3.63) is 114 Å². The molecule has 7 rings (SSSR count). The number of hydrogen-bond acceptors (Lipinski definition) is 9. The van der Waals surface area contributed by atoms with E-state index >= 15 is 0 Å². The van der Waals surface area contributed by atoms with Gasteiger partial charge in [0.15, 0.2) is 5.13 Å². The van der Waals surface area contributed by atoms with Gasteiger partial charge in [-0.25, -0.2) is 9.97 Å². The standard InChI is InChI=1S/C20H28N2S.C18H21N3S.C14H27N3/c1-16-18-15-17(18)11-7-5-4-6-10-14-21-19-12-8-9-13-20(19)23(2,3)22-16;1-5-13-6-7-14-12(4)8-16(20-15(14)9-13)17-10-22-18(21-17)19-11(2)3;1-10(2)8-13(16)9-11(3)17-7-5-6-14(17)12(4)15/h7-9,11-13,17-18,21-22H,1-6,10,14-15H2;6-11H,5H2,1-4H3,(H,19,21);10,13-14H,3-9,15-16H2,1-2H3/b11-7-;;. The quantitative estimate of drug-likeness (QED) is 0.0790. The lowest BCUT2D eigenvalue weighted by molar-refractivity contribution is 0.328. The molecule has 2 aliphatic heterocycles. The van der Waals surface area contributed by atoms with E-state index in [2.05, 4.69) is 164 Å². The molecule has 336 valence electrons. The molecule has 10 heteroatoms. The third kappa shape index (κ3) is 14.0. The maximum Gasteiger partial charge on any atom is 0.183 e. The molecule has 4 unspecified atom stereocenters. The molecule has 4 atom stereocenters. The summed E-state index contributed by atoms with van der Waals surface area (Å²) in [5.74, 6) is 10.6. The number of para-hydroxylation sites is 1. The SMILES string of the molecule is C=C(N)C1CCCN1C(=C)CC(N)CC(C)C.C=C1NS(=C)(=C)c2ccccc2NCCCCC/C=C\C2CC12.CCc1ccc2c(C)cc(-c3csc(NC(C)C)n3)nc2c1. The summed E-state index contributed by atoms with van der Waals surface area (Å²) >= 11 is 1.63. The average Bonchev–Trinajstić information content (AvgIpc) is 3.55. The number of pyridine rings is 1. The molecule has 7 N–H and O–H groups in total. The van der Waals surface area contributed by atoms with E-state index in [0.29, 0.717) is 23.8 Å². The highest BCUT2D eigenvalue weighted by Gasteiger charge is 2.37. The number of nitrogens with two attached hydrogens (primary N) is 2. The highest BCUT2D eigenvalue weighted by atomic mass is 32.2. The second-order valence-electron chi connectivity index (χ2n) is 18.2. The summed E-state index contributed by atoms with van der Waals surface area (Å²) in [4.78, 5) is 12.9. The number of aryl methyl sites for hydroxylation is 2. The Balaban J connectivity index is 0.000000178. The second kappa shape index (κ2) is 22.7. The summed E-state index contributed by atoms with van der Waals surface area (Å²) in [6.07, 6.45) is 16.1. The predicted molar refractivity (Wildman–Crippen MR) is 276 cm³/mol. The van der Waals surface area contributed by atoms with Crippen molar-refractivity contribution in [1.82, 2.24) is 19.6 Å². The highest BCUT2D eigenvalue weighted by molar-refractivity contribution is 8.26. The Morgan fingerprint density at radius 3 is 2.52 bits per heavy atom. The van der Waals surface area contributed by atoms with Crippen LogP contribution in [0.3, 0.4) is 0 Å². The van der Waals surface area contributed by atoms with E-state index in [-0.39, 0.29) is 12.1 Å². The first-order valence-electron chi connectivity index (χ1n) is 22.8. The van der Waals surface area contributed by atoms with Crippen molar-refractivity contribution >= 4 is 54.2 Å². The predicted octanol–water partition coefficient (Wildman–Crippen LogP) is 12.2. The van der Waals surface area contributed by atoms with Crippen LogP contribution in [0.2, 0.25) is 0 Å². The third-order valence-corrected chi connectivity index (χ3v) is 14.3. The molecule has 2 fully saturated rings. The number of hydrogen-bond donors (Lipinski definition) is 5. The van der Waals surface area contributed by atoms with Crippen molar-refractivity contribution in [3.63, 3.8) is 0 Å². The van der Waals surface area contributed by atoms with Gasteiger partial charge in [-0.2, -0.15) is 0 Å². The van der Waals surface area contributed by atoms with Crippen LogP contribution in [0.5, 0.6) is 0 Å². The van der Waals surface area contributed by atoms with Crippen LogP contribution in [0.4, 0.5) is 10.8 Å². The number of anilines is 2. The number of likely N-dealkylation sites (tertiary alicyclic amines) is 1. The van der Waals surface area contributed by atoms with Crippen LogP contribution in [0.25, 0.3) is 22.3 Å². The van der Waals surface area contributed by atoms with E-state index in [0.717, 1.165) is 83.6 Å². The maximum atomic E-state index is 6.12. The first kappa shape index (κ1) is 48.5. The van der Waals surface area contributed by atoms with E-state index in [9.17, 15) is 0 Å². The summed E-state index contributed by atoms with van der Waals surface area (Å²) in [6.45, 7) is 27.3. The lowest BCUT2D eigenvalue weighted by Gasteiger charge is -2.30. The van der Waals surface area contributed by atoms with Crippen molar-refractivity contribution < 1.29 is 0 Å². The Kier molecular flexibility index (Phi) is 17.8. The maximum absolute atomic E-state index is 6.12. The van der Waals surface area contributed by atoms with Gasteiger partial charge in [-0.1, -0.05) is 95.1 Å². The number of fused-ring (bicyclic) bond motifs is 3. The fourth-order valence-electron chi connectivity index (χ4n) is 8.36. The topological polar surface area (TPSA) is 117 Å². The van der Waals surface area contributed by atoms with E-state index in [1.54, 1.807) is 11.3 Å². The van der Waals surface area contributed by atoms with Gasteiger partial charge in [0.2, 0.25) is 0 Å². The summed E-state index contributed by atoms with van der Waals surface area (Å²) in [5.41, 5.74) is 21.6. The van der Waals surface area contributed by atoms with Crippen molar-refractivity contribution in [1.29, 1.82) is 0 Å². The first-order valence-corrected chi connectivity index (χ1v) is 25.6. The number of nitrogens with zero attached hydrogens (tertiary/aromatic N) is 3. The van der Waals surface area contributed by atoms with Crippen LogP contribution in [-0.2, 0) is 6.42 Å². The van der Waals surface area contributed by atoms with Crippen LogP contribution in [-0.4, -0.2) is 57.8 Å². The minimum atomic E-state index is -1.59. The van der Waals surface area contributed by atoms with Gasteiger partial charge in [0.05, 0.1) is 17.3 Å². The van der Waals surface area contributed by atoms with Gasteiger partial charge in [-0.05, 0) is 119 Å². The van der Waals surface area contributed by atoms with Crippen molar-refractivity contribution in [3.8, 4) is 11.4 Å². The second-order valence-corrected chi connectivity index (χ2v) is 21.4. The van der Waals surface area contributed by atoms with Gasteiger partial charge in [0.1, 0.15) is 5.69 Å². The Bertz CT molecular complexity index is 2270. The summed E-state index contributed by atoms with van der Waals surface area (Å²) < 4.78 is 3.57. The van der Waals surface area contributed by atoms with Crippen molar-refractivity contribution in [2.75, 3.05) is 23.7 Å². The fourth-order valence-corrected chi connectivity index (χ4v) is 10.9. The monoisotopic (exact) mass is 877 g/mol. The molecule has 8 nitrogen and oxygen atoms in total. The van der Waals surface area contributed by atoms with Crippen molar-refractivity contribution in [2.24, 2.45) is 29.2 Å². The van der Waals surface area contributed by atoms with Crippen LogP contribution in [0.15, 0.2) is 108 Å². The summed E-state index contributed by atoms with van der Waals surface area (Å²) in [5, 5.41) is 11.2. The molecule has 4 aromatic rings. The van der Waals surface area contributed by atoms with Gasteiger partial charge in [-0.15, -0.1) is 20.7 Å². The van der Waals surface area contributed by atoms with Crippen LogP contribution >= 0.6 is 20.7 Å². The van der Waals surface area contributed by atoms with Crippen LogP contribution in [0, 0.1) is 24.7 Å².